The van der Waals surface area contributed by atoms with Gasteiger partial charge in [-0.2, -0.15) is 0 Å². The summed E-state index contributed by atoms with van der Waals surface area (Å²) in [5.41, 5.74) is 10.7. The van der Waals surface area contributed by atoms with Gasteiger partial charge in [0.2, 0.25) is 0 Å². The van der Waals surface area contributed by atoms with Crippen LogP contribution in [0.25, 0.3) is 0 Å². The number of ketones is 1. The lowest BCUT2D eigenvalue weighted by atomic mass is 10.2. The number of carbonyl (C=O) groups is 1. The minimum Gasteiger partial charge on any atom is -0.321 e. The summed E-state index contributed by atoms with van der Waals surface area (Å²) in [5, 5.41) is 0. The molecule has 0 amide bonds. The number of hydrogen-bond acceptors (Lipinski definition) is 3. The standard InChI is InChI=1S/C5H10N2O/c6-3-1-2-4(7)5(3)8/h3-4H,1-2,6-7H2. The van der Waals surface area contributed by atoms with E-state index in [-0.39, 0.29) is 17.9 Å². The average molecular weight is 114 g/mol. The zero-order valence-corrected chi connectivity index (χ0v) is 4.63. The lowest BCUT2D eigenvalue weighted by Crippen LogP contribution is -2.34. The van der Waals surface area contributed by atoms with Crippen LogP contribution in [0, 0.1) is 0 Å². The third-order valence-electron chi connectivity index (χ3n) is 1.52. The maximum absolute atomic E-state index is 10.7. The van der Waals surface area contributed by atoms with Crippen molar-refractivity contribution in [1.29, 1.82) is 0 Å². The second-order valence-corrected chi connectivity index (χ2v) is 2.19. The second-order valence-electron chi connectivity index (χ2n) is 2.19. The van der Waals surface area contributed by atoms with Crippen LogP contribution in [0.2, 0.25) is 0 Å². The Morgan fingerprint density at radius 3 is 1.75 bits per heavy atom. The molecule has 0 aromatic rings. The van der Waals surface area contributed by atoms with Crippen molar-refractivity contribution in [3.63, 3.8) is 0 Å². The summed E-state index contributed by atoms with van der Waals surface area (Å²) in [5.74, 6) is 0.0185. The summed E-state index contributed by atoms with van der Waals surface area (Å²) >= 11 is 0. The molecular formula is C5H10N2O. The van der Waals surface area contributed by atoms with Crippen molar-refractivity contribution >= 4 is 5.78 Å². The molecule has 3 nitrogen and oxygen atoms in total. The Labute approximate surface area is 48.0 Å². The molecule has 4 N–H and O–H groups in total. The SMILES string of the molecule is NC1CCC(N)C1=O. The maximum Gasteiger partial charge on any atom is 0.166 e. The van der Waals surface area contributed by atoms with Crippen molar-refractivity contribution in [2.45, 2.75) is 24.9 Å². The molecule has 8 heavy (non-hydrogen) atoms. The minimum atomic E-state index is -0.273. The van der Waals surface area contributed by atoms with Gasteiger partial charge >= 0.3 is 0 Å². The molecule has 46 valence electrons. The molecule has 2 atom stereocenters. The molecule has 3 heteroatoms. The molecule has 0 heterocycles. The van der Waals surface area contributed by atoms with Crippen LogP contribution in [0.3, 0.4) is 0 Å². The van der Waals surface area contributed by atoms with E-state index in [2.05, 4.69) is 0 Å². The fourth-order valence-corrected chi connectivity index (χ4v) is 0.919. The molecule has 0 aromatic carbocycles. The van der Waals surface area contributed by atoms with Gasteiger partial charge < -0.3 is 11.5 Å². The van der Waals surface area contributed by atoms with E-state index in [0.29, 0.717) is 0 Å². The molecule has 1 aliphatic carbocycles. The molecule has 0 bridgehead atoms. The molecular weight excluding hydrogens is 104 g/mol. The van der Waals surface area contributed by atoms with Gasteiger partial charge in [-0.25, -0.2) is 0 Å². The van der Waals surface area contributed by atoms with E-state index in [1.54, 1.807) is 0 Å². The van der Waals surface area contributed by atoms with Crippen LogP contribution in [-0.2, 0) is 4.79 Å². The van der Waals surface area contributed by atoms with Crippen molar-refractivity contribution in [2.75, 3.05) is 0 Å². The van der Waals surface area contributed by atoms with Gasteiger partial charge in [0.1, 0.15) is 0 Å². The molecule has 1 aliphatic rings. The quantitative estimate of drug-likeness (QED) is 0.424. The number of hydrogen-bond donors (Lipinski definition) is 2. The lowest BCUT2D eigenvalue weighted by molar-refractivity contribution is -0.119. The van der Waals surface area contributed by atoms with Crippen LogP contribution in [0.1, 0.15) is 12.8 Å². The Hall–Kier alpha value is -0.410. The van der Waals surface area contributed by atoms with E-state index in [1.807, 2.05) is 0 Å². The third kappa shape index (κ3) is 0.743. The first-order valence-corrected chi connectivity index (χ1v) is 2.76. The summed E-state index contributed by atoms with van der Waals surface area (Å²) in [6.45, 7) is 0. The van der Waals surface area contributed by atoms with E-state index in [1.165, 1.54) is 0 Å². The summed E-state index contributed by atoms with van der Waals surface area (Å²) in [4.78, 5) is 10.7. The number of nitrogens with two attached hydrogens (primary N) is 2. The first-order chi connectivity index (χ1) is 3.72. The van der Waals surface area contributed by atoms with Gasteiger partial charge in [-0.15, -0.1) is 0 Å². The summed E-state index contributed by atoms with van der Waals surface area (Å²) < 4.78 is 0. The molecule has 0 spiro atoms. The van der Waals surface area contributed by atoms with Crippen molar-refractivity contribution in [3.05, 3.63) is 0 Å². The molecule has 0 radical (unpaired) electrons. The molecule has 0 aromatic heterocycles. The van der Waals surface area contributed by atoms with Crippen LogP contribution < -0.4 is 11.5 Å². The van der Waals surface area contributed by atoms with E-state index in [4.69, 9.17) is 11.5 Å². The lowest BCUT2D eigenvalue weighted by Gasteiger charge is -1.97. The van der Waals surface area contributed by atoms with Gasteiger partial charge in [0, 0.05) is 0 Å². The largest absolute Gasteiger partial charge is 0.321 e. The van der Waals surface area contributed by atoms with E-state index in [0.717, 1.165) is 12.8 Å². The predicted molar refractivity (Wildman–Crippen MR) is 30.2 cm³/mol. The van der Waals surface area contributed by atoms with Gasteiger partial charge in [-0.1, -0.05) is 0 Å². The Bertz CT molecular complexity index is 101. The highest BCUT2D eigenvalue weighted by Crippen LogP contribution is 2.10. The predicted octanol–water partition coefficient (Wildman–Crippen LogP) is -0.996. The van der Waals surface area contributed by atoms with Crippen LogP contribution in [0.4, 0.5) is 0 Å². The van der Waals surface area contributed by atoms with E-state index in [9.17, 15) is 4.79 Å². The number of rotatable bonds is 0. The summed E-state index contributed by atoms with van der Waals surface area (Å²) in [6, 6.07) is -0.546. The first-order valence-electron chi connectivity index (χ1n) is 2.76. The molecule has 0 aliphatic heterocycles. The highest BCUT2D eigenvalue weighted by atomic mass is 16.1. The van der Waals surface area contributed by atoms with Crippen molar-refractivity contribution in [3.8, 4) is 0 Å². The van der Waals surface area contributed by atoms with Gasteiger partial charge in [-0.05, 0) is 12.8 Å². The summed E-state index contributed by atoms with van der Waals surface area (Å²) in [7, 11) is 0. The van der Waals surface area contributed by atoms with E-state index >= 15 is 0 Å². The van der Waals surface area contributed by atoms with Crippen molar-refractivity contribution in [1.82, 2.24) is 0 Å². The topological polar surface area (TPSA) is 69.1 Å². The second kappa shape index (κ2) is 1.84. The molecule has 1 fully saturated rings. The van der Waals surface area contributed by atoms with Gasteiger partial charge in [-0.3, -0.25) is 4.79 Å². The maximum atomic E-state index is 10.7. The average Bonchev–Trinajstić information content (AvgIpc) is 1.98. The van der Waals surface area contributed by atoms with Crippen LogP contribution in [0.15, 0.2) is 0 Å². The van der Waals surface area contributed by atoms with Gasteiger partial charge in [0.25, 0.3) is 0 Å². The zero-order valence-electron chi connectivity index (χ0n) is 4.63. The third-order valence-corrected chi connectivity index (χ3v) is 1.52. The van der Waals surface area contributed by atoms with Crippen molar-refractivity contribution < 1.29 is 4.79 Å². The van der Waals surface area contributed by atoms with Crippen LogP contribution >= 0.6 is 0 Å². The fourth-order valence-electron chi connectivity index (χ4n) is 0.919. The van der Waals surface area contributed by atoms with E-state index < -0.39 is 0 Å². The van der Waals surface area contributed by atoms with Gasteiger partial charge in [0.05, 0.1) is 12.1 Å². The molecule has 0 saturated heterocycles. The Kier molecular flexibility index (Phi) is 1.31. The molecule has 1 rings (SSSR count). The first kappa shape index (κ1) is 5.72. The molecule has 2 unspecified atom stereocenters. The summed E-state index contributed by atoms with van der Waals surface area (Å²) in [6.07, 6.45) is 1.53. The normalized spacial score (nSPS) is 38.5. The van der Waals surface area contributed by atoms with Crippen LogP contribution in [-0.4, -0.2) is 17.9 Å². The van der Waals surface area contributed by atoms with Crippen molar-refractivity contribution in [2.24, 2.45) is 11.5 Å². The monoisotopic (exact) mass is 114 g/mol. The zero-order chi connectivity index (χ0) is 6.15. The Morgan fingerprint density at radius 1 is 1.25 bits per heavy atom. The number of Topliss-reactive ketones (excluding diaryl/α,β-unsaturated/α-hetero) is 1. The highest BCUT2D eigenvalue weighted by molar-refractivity contribution is 5.90. The molecule has 1 saturated carbocycles. The Morgan fingerprint density at radius 2 is 1.62 bits per heavy atom. The Balaban J connectivity index is 2.57. The smallest absolute Gasteiger partial charge is 0.166 e. The highest BCUT2D eigenvalue weighted by Gasteiger charge is 2.27. The minimum absolute atomic E-state index is 0.0185. The number of carbonyl (C=O) groups excluding carboxylic acids is 1. The fraction of sp³-hybridized carbons (Fsp3) is 0.800. The van der Waals surface area contributed by atoms with Gasteiger partial charge in [0.15, 0.2) is 5.78 Å². The van der Waals surface area contributed by atoms with Crippen LogP contribution in [0.5, 0.6) is 0 Å².